The number of aromatic nitrogens is 1. The maximum Gasteiger partial charge on any atom is 0.184 e. The third-order valence-electron chi connectivity index (χ3n) is 5.09. The molecule has 1 aliphatic heterocycles. The number of ether oxygens (including phenoxy) is 2. The normalized spacial score (nSPS) is 15.4. The van der Waals surface area contributed by atoms with E-state index < -0.39 is 0 Å². The van der Waals surface area contributed by atoms with E-state index in [9.17, 15) is 0 Å². The monoisotopic (exact) mass is 352 g/mol. The molecule has 5 heteroatoms. The molecule has 1 fully saturated rings. The molecule has 1 aliphatic rings. The van der Waals surface area contributed by atoms with Gasteiger partial charge in [-0.1, -0.05) is 23.4 Å². The molecule has 0 atom stereocenters. The summed E-state index contributed by atoms with van der Waals surface area (Å²) in [5.74, 6) is 2.05. The summed E-state index contributed by atoms with van der Waals surface area (Å²) >= 11 is 0. The molecule has 26 heavy (non-hydrogen) atoms. The van der Waals surface area contributed by atoms with Crippen LogP contribution in [0.4, 0.5) is 5.69 Å². The van der Waals surface area contributed by atoms with Crippen LogP contribution in [0.1, 0.15) is 31.4 Å². The molecule has 1 saturated heterocycles. The van der Waals surface area contributed by atoms with E-state index in [2.05, 4.69) is 22.2 Å². The molecule has 136 valence electrons. The number of nitrogens with zero attached hydrogens (tertiary/aromatic N) is 2. The van der Waals surface area contributed by atoms with Crippen LogP contribution in [0, 0.1) is 0 Å². The van der Waals surface area contributed by atoms with Gasteiger partial charge in [0.2, 0.25) is 0 Å². The van der Waals surface area contributed by atoms with Gasteiger partial charge in [-0.05, 0) is 44.0 Å². The highest BCUT2D eigenvalue weighted by Gasteiger charge is 2.27. The summed E-state index contributed by atoms with van der Waals surface area (Å²) in [6.07, 6.45) is 2.08. The maximum absolute atomic E-state index is 5.71. The molecule has 1 aromatic heterocycles. The van der Waals surface area contributed by atoms with Crippen molar-refractivity contribution in [3.63, 3.8) is 0 Å². The highest BCUT2D eigenvalue weighted by atomic mass is 16.5. The standard InChI is InChI=1S/C21H24N2O3/c1-3-25-19-10-6-8-17(21(19)24-2)23-13-11-15(12-14-23)20-16-7-4-5-9-18(16)26-22-20/h4-10,15H,3,11-14H2,1-2H3. The van der Waals surface area contributed by atoms with Gasteiger partial charge in [0.15, 0.2) is 17.1 Å². The minimum absolute atomic E-state index is 0.427. The van der Waals surface area contributed by atoms with Gasteiger partial charge in [-0.2, -0.15) is 0 Å². The van der Waals surface area contributed by atoms with Crippen molar-refractivity contribution in [1.29, 1.82) is 0 Å². The smallest absolute Gasteiger partial charge is 0.184 e. The summed E-state index contributed by atoms with van der Waals surface area (Å²) in [6, 6.07) is 14.2. The van der Waals surface area contributed by atoms with E-state index in [1.807, 2.05) is 37.3 Å². The van der Waals surface area contributed by atoms with Gasteiger partial charge in [-0.25, -0.2) is 0 Å². The lowest BCUT2D eigenvalue weighted by atomic mass is 9.91. The quantitative estimate of drug-likeness (QED) is 0.670. The molecule has 0 spiro atoms. The third-order valence-corrected chi connectivity index (χ3v) is 5.09. The van der Waals surface area contributed by atoms with Crippen LogP contribution in [0.2, 0.25) is 0 Å². The van der Waals surface area contributed by atoms with Crippen LogP contribution in [-0.4, -0.2) is 32.0 Å². The van der Waals surface area contributed by atoms with Crippen LogP contribution in [-0.2, 0) is 0 Å². The molecule has 2 heterocycles. The molecule has 3 aromatic rings. The van der Waals surface area contributed by atoms with Crippen LogP contribution in [0.15, 0.2) is 47.0 Å². The van der Waals surface area contributed by atoms with Crippen molar-refractivity contribution in [2.75, 3.05) is 31.7 Å². The van der Waals surface area contributed by atoms with Crippen LogP contribution in [0.5, 0.6) is 11.5 Å². The minimum atomic E-state index is 0.427. The molecular formula is C21H24N2O3. The molecule has 0 amide bonds. The van der Waals surface area contributed by atoms with Gasteiger partial charge in [-0.3, -0.25) is 0 Å². The fourth-order valence-corrected chi connectivity index (χ4v) is 3.82. The number of para-hydroxylation sites is 2. The van der Waals surface area contributed by atoms with Gasteiger partial charge < -0.3 is 18.9 Å². The van der Waals surface area contributed by atoms with Crippen molar-refractivity contribution in [1.82, 2.24) is 5.16 Å². The lowest BCUT2D eigenvalue weighted by molar-refractivity contribution is 0.310. The van der Waals surface area contributed by atoms with Crippen molar-refractivity contribution in [2.45, 2.75) is 25.7 Å². The van der Waals surface area contributed by atoms with Gasteiger partial charge >= 0.3 is 0 Å². The van der Waals surface area contributed by atoms with Crippen molar-refractivity contribution >= 4 is 16.7 Å². The Labute approximate surface area is 153 Å². The van der Waals surface area contributed by atoms with Crippen molar-refractivity contribution in [3.8, 4) is 11.5 Å². The van der Waals surface area contributed by atoms with Crippen LogP contribution in [0.3, 0.4) is 0 Å². The first-order valence-electron chi connectivity index (χ1n) is 9.21. The zero-order valence-electron chi connectivity index (χ0n) is 15.3. The largest absolute Gasteiger partial charge is 0.491 e. The number of hydrogen-bond acceptors (Lipinski definition) is 5. The second-order valence-electron chi connectivity index (χ2n) is 6.57. The number of anilines is 1. The Kier molecular flexibility index (Phi) is 4.69. The topological polar surface area (TPSA) is 47.7 Å². The number of fused-ring (bicyclic) bond motifs is 1. The van der Waals surface area contributed by atoms with Gasteiger partial charge in [0.05, 0.1) is 25.1 Å². The molecule has 0 saturated carbocycles. The van der Waals surface area contributed by atoms with Gasteiger partial charge in [0.25, 0.3) is 0 Å². The zero-order valence-corrected chi connectivity index (χ0v) is 15.3. The predicted octanol–water partition coefficient (Wildman–Crippen LogP) is 4.62. The van der Waals surface area contributed by atoms with E-state index in [4.69, 9.17) is 14.0 Å². The lowest BCUT2D eigenvalue weighted by Gasteiger charge is -2.34. The Morgan fingerprint density at radius 2 is 1.92 bits per heavy atom. The Balaban J connectivity index is 1.53. The molecule has 0 radical (unpaired) electrons. The summed E-state index contributed by atoms with van der Waals surface area (Å²) in [5, 5.41) is 5.49. The molecule has 5 nitrogen and oxygen atoms in total. The van der Waals surface area contributed by atoms with E-state index in [0.717, 1.165) is 59.8 Å². The van der Waals surface area contributed by atoms with Crippen molar-refractivity contribution in [3.05, 3.63) is 48.2 Å². The molecule has 0 bridgehead atoms. The Bertz CT molecular complexity index is 882. The summed E-state index contributed by atoms with van der Waals surface area (Å²) in [6.45, 7) is 4.52. The fourth-order valence-electron chi connectivity index (χ4n) is 3.82. The second-order valence-corrected chi connectivity index (χ2v) is 6.57. The molecular weight excluding hydrogens is 328 g/mol. The lowest BCUT2D eigenvalue weighted by Crippen LogP contribution is -2.33. The number of piperidine rings is 1. The number of rotatable bonds is 5. The first-order valence-corrected chi connectivity index (χ1v) is 9.21. The van der Waals surface area contributed by atoms with Gasteiger partial charge in [0.1, 0.15) is 0 Å². The number of methoxy groups -OCH3 is 1. The van der Waals surface area contributed by atoms with Crippen molar-refractivity contribution < 1.29 is 14.0 Å². The molecule has 4 rings (SSSR count). The van der Waals surface area contributed by atoms with Gasteiger partial charge in [0, 0.05) is 24.4 Å². The zero-order chi connectivity index (χ0) is 17.9. The molecule has 0 unspecified atom stereocenters. The Morgan fingerprint density at radius 3 is 2.69 bits per heavy atom. The molecule has 0 aliphatic carbocycles. The predicted molar refractivity (Wildman–Crippen MR) is 102 cm³/mol. The molecule has 2 aromatic carbocycles. The summed E-state index contributed by atoms with van der Waals surface area (Å²) < 4.78 is 16.9. The van der Waals surface area contributed by atoms with Crippen LogP contribution < -0.4 is 14.4 Å². The number of benzene rings is 2. The third kappa shape index (κ3) is 2.98. The van der Waals surface area contributed by atoms with Gasteiger partial charge in [-0.15, -0.1) is 0 Å². The Morgan fingerprint density at radius 1 is 1.12 bits per heavy atom. The van der Waals surface area contributed by atoms with E-state index in [0.29, 0.717) is 12.5 Å². The SMILES string of the molecule is CCOc1cccc(N2CCC(c3noc4ccccc34)CC2)c1OC. The second kappa shape index (κ2) is 7.28. The first-order chi connectivity index (χ1) is 12.8. The van der Waals surface area contributed by atoms with Crippen LogP contribution >= 0.6 is 0 Å². The summed E-state index contributed by atoms with van der Waals surface area (Å²) in [5.41, 5.74) is 3.06. The first kappa shape index (κ1) is 16.8. The average Bonchev–Trinajstić information content (AvgIpc) is 3.12. The van der Waals surface area contributed by atoms with E-state index in [1.54, 1.807) is 7.11 Å². The van der Waals surface area contributed by atoms with E-state index >= 15 is 0 Å². The Hall–Kier alpha value is -2.69. The summed E-state index contributed by atoms with van der Waals surface area (Å²) in [4.78, 5) is 2.38. The highest BCUT2D eigenvalue weighted by Crippen LogP contribution is 2.40. The van der Waals surface area contributed by atoms with E-state index in [-0.39, 0.29) is 0 Å². The van der Waals surface area contributed by atoms with Crippen molar-refractivity contribution in [2.24, 2.45) is 0 Å². The molecule has 0 N–H and O–H groups in total. The number of hydrogen-bond donors (Lipinski definition) is 0. The highest BCUT2D eigenvalue weighted by molar-refractivity contribution is 5.79. The average molecular weight is 352 g/mol. The minimum Gasteiger partial charge on any atom is -0.491 e. The maximum atomic E-state index is 5.71. The fraction of sp³-hybridized carbons (Fsp3) is 0.381. The van der Waals surface area contributed by atoms with Crippen LogP contribution in [0.25, 0.3) is 11.0 Å². The van der Waals surface area contributed by atoms with E-state index in [1.165, 1.54) is 0 Å². The summed E-state index contributed by atoms with van der Waals surface area (Å²) in [7, 11) is 1.70.